The molecule has 0 saturated heterocycles. The third kappa shape index (κ3) is 11.8. The van der Waals surface area contributed by atoms with E-state index in [1.165, 1.54) is 104 Å². The quantitative estimate of drug-likeness (QED) is 0.263. The van der Waals surface area contributed by atoms with Gasteiger partial charge in [0.05, 0.1) is 0 Å². The van der Waals surface area contributed by atoms with Crippen molar-refractivity contribution in [1.82, 2.24) is 0 Å². The lowest BCUT2D eigenvalue weighted by atomic mass is 9.67. The molecule has 8 aliphatic rings. The normalized spacial score (nSPS) is 39.5. The fourth-order valence-corrected chi connectivity index (χ4v) is 14.6. The molecule has 0 heterocycles. The van der Waals surface area contributed by atoms with Gasteiger partial charge in [-0.15, -0.1) is 0 Å². The fourth-order valence-electron chi connectivity index (χ4n) is 14.6. The lowest BCUT2D eigenvalue weighted by Crippen LogP contribution is -2.33. The zero-order valence-corrected chi connectivity index (χ0v) is 39.5. The first-order chi connectivity index (χ1) is 27.0. The molecule has 332 valence electrons. The highest BCUT2D eigenvalue weighted by Crippen LogP contribution is 2.56. The van der Waals surface area contributed by atoms with Gasteiger partial charge in [-0.05, 0) is 211 Å². The number of rotatable bonds is 4. The Balaban J connectivity index is 0.000000147. The molecule has 0 N–H and O–H groups in total. The van der Waals surface area contributed by atoms with Gasteiger partial charge in [0.1, 0.15) is 23.8 Å². The number of carbonyl (C=O) groups is 4. The third-order valence-corrected chi connectivity index (χ3v) is 18.3. The number of ether oxygens (including phenoxy) is 2. The van der Waals surface area contributed by atoms with Crippen LogP contribution < -0.4 is 0 Å². The van der Waals surface area contributed by atoms with Crippen molar-refractivity contribution in [3.63, 3.8) is 0 Å². The minimum atomic E-state index is -0.116. The first-order valence-corrected chi connectivity index (χ1v) is 24.3. The Labute approximate surface area is 355 Å². The van der Waals surface area contributed by atoms with E-state index in [2.05, 4.69) is 55.4 Å². The van der Waals surface area contributed by atoms with E-state index in [1.54, 1.807) is 13.8 Å². The molecule has 0 bridgehead atoms. The summed E-state index contributed by atoms with van der Waals surface area (Å²) in [6, 6.07) is 0. The van der Waals surface area contributed by atoms with Crippen molar-refractivity contribution in [2.24, 2.45) is 80.8 Å². The summed E-state index contributed by atoms with van der Waals surface area (Å²) in [7, 11) is 0. The number of carbonyl (C=O) groups excluding carboxylic acids is 4. The molecule has 0 aromatic rings. The molecule has 6 heteroatoms. The molecule has 8 fully saturated rings. The summed E-state index contributed by atoms with van der Waals surface area (Å²) in [4.78, 5) is 44.6. The largest absolute Gasteiger partial charge is 0.463 e. The van der Waals surface area contributed by atoms with Crippen molar-refractivity contribution < 1.29 is 28.7 Å². The molecule has 12 atom stereocenters. The van der Waals surface area contributed by atoms with Crippen molar-refractivity contribution in [3.8, 4) is 0 Å². The first-order valence-electron chi connectivity index (χ1n) is 24.3. The highest BCUT2D eigenvalue weighted by atomic mass is 16.5. The van der Waals surface area contributed by atoms with E-state index in [4.69, 9.17) is 9.47 Å². The topological polar surface area (TPSA) is 86.7 Å². The Morgan fingerprint density at radius 3 is 1.19 bits per heavy atom. The van der Waals surface area contributed by atoms with Gasteiger partial charge in [-0.1, -0.05) is 55.4 Å². The Morgan fingerprint density at radius 1 is 0.362 bits per heavy atom. The van der Waals surface area contributed by atoms with Crippen molar-refractivity contribution in [3.05, 3.63) is 0 Å². The summed E-state index contributed by atoms with van der Waals surface area (Å²) in [5.74, 6) is 8.24. The van der Waals surface area contributed by atoms with Crippen LogP contribution in [0.15, 0.2) is 0 Å². The second-order valence-corrected chi connectivity index (χ2v) is 23.9. The second-order valence-electron chi connectivity index (χ2n) is 23.9. The van der Waals surface area contributed by atoms with Crippen LogP contribution in [-0.2, 0) is 28.7 Å². The zero-order valence-electron chi connectivity index (χ0n) is 39.5. The summed E-state index contributed by atoms with van der Waals surface area (Å²) in [5, 5.41) is 0. The minimum Gasteiger partial charge on any atom is -0.463 e. The van der Waals surface area contributed by atoms with Crippen LogP contribution in [0.25, 0.3) is 0 Å². The van der Waals surface area contributed by atoms with Gasteiger partial charge in [0.25, 0.3) is 0 Å². The summed E-state index contributed by atoms with van der Waals surface area (Å²) < 4.78 is 10.7. The van der Waals surface area contributed by atoms with Gasteiger partial charge in [0, 0.05) is 25.7 Å². The zero-order chi connectivity index (χ0) is 42.8. The van der Waals surface area contributed by atoms with Crippen LogP contribution in [0.4, 0.5) is 0 Å². The highest BCUT2D eigenvalue weighted by molar-refractivity contribution is 5.78. The Hall–Kier alpha value is -1.72. The molecule has 0 aromatic carbocycles. The number of esters is 2. The molecule has 8 rings (SSSR count). The SMILES string of the molecule is CC(=O)C1CCC2C(CCC2(C)C)C1.CC(=O)C1CCC2CCC(C)(C)C2C1.CC(=O)OC1CCC2C(CCC2(C)C)C1.CC(=O)OC1CCC2CCC(C)(C)C2C1. The molecule has 12 unspecified atom stereocenters. The van der Waals surface area contributed by atoms with Crippen LogP contribution in [0.1, 0.15) is 212 Å². The molecule has 0 aromatic heterocycles. The maximum absolute atomic E-state index is 11.4. The van der Waals surface area contributed by atoms with Crippen LogP contribution in [0, 0.1) is 80.8 Å². The molecule has 0 aliphatic heterocycles. The second kappa shape index (κ2) is 19.1. The van der Waals surface area contributed by atoms with Gasteiger partial charge in [0.2, 0.25) is 0 Å². The molecule has 8 saturated carbocycles. The summed E-state index contributed by atoms with van der Waals surface area (Å²) in [6.07, 6.45) is 25.4. The van der Waals surface area contributed by atoms with Gasteiger partial charge in [-0.25, -0.2) is 0 Å². The molecular weight excluding hydrogens is 721 g/mol. The van der Waals surface area contributed by atoms with Crippen LogP contribution in [0.3, 0.4) is 0 Å². The van der Waals surface area contributed by atoms with Crippen LogP contribution >= 0.6 is 0 Å². The lowest BCUT2D eigenvalue weighted by molar-refractivity contribution is -0.150. The number of hydrogen-bond acceptors (Lipinski definition) is 6. The molecule has 0 radical (unpaired) electrons. The number of ketones is 2. The van der Waals surface area contributed by atoms with Crippen LogP contribution in [0.2, 0.25) is 0 Å². The number of fused-ring (bicyclic) bond motifs is 4. The van der Waals surface area contributed by atoms with E-state index in [9.17, 15) is 19.2 Å². The smallest absolute Gasteiger partial charge is 0.302 e. The van der Waals surface area contributed by atoms with Crippen molar-refractivity contribution in [2.75, 3.05) is 0 Å². The van der Waals surface area contributed by atoms with E-state index < -0.39 is 0 Å². The molecule has 6 nitrogen and oxygen atoms in total. The predicted molar refractivity (Wildman–Crippen MR) is 235 cm³/mol. The van der Waals surface area contributed by atoms with Gasteiger partial charge in [0.15, 0.2) is 0 Å². The van der Waals surface area contributed by atoms with E-state index in [0.29, 0.717) is 45.1 Å². The monoisotopic (exact) mass is 809 g/mol. The summed E-state index contributed by atoms with van der Waals surface area (Å²) >= 11 is 0. The van der Waals surface area contributed by atoms with Gasteiger partial charge in [-0.3, -0.25) is 19.2 Å². The molecule has 58 heavy (non-hydrogen) atoms. The van der Waals surface area contributed by atoms with Crippen molar-refractivity contribution in [2.45, 2.75) is 224 Å². The van der Waals surface area contributed by atoms with Crippen LogP contribution in [-0.4, -0.2) is 35.7 Å². The maximum Gasteiger partial charge on any atom is 0.302 e. The Kier molecular flexibility index (Phi) is 15.6. The fraction of sp³-hybridized carbons (Fsp3) is 0.923. The van der Waals surface area contributed by atoms with Crippen molar-refractivity contribution in [1.29, 1.82) is 0 Å². The van der Waals surface area contributed by atoms with E-state index in [0.717, 1.165) is 85.9 Å². The first kappa shape index (κ1) is 47.3. The molecule has 0 amide bonds. The maximum atomic E-state index is 11.4. The summed E-state index contributed by atoms with van der Waals surface area (Å²) in [6.45, 7) is 25.7. The van der Waals surface area contributed by atoms with Gasteiger partial charge in [-0.2, -0.15) is 0 Å². The Bertz CT molecular complexity index is 1420. The number of hydrogen-bond donors (Lipinski definition) is 0. The number of Topliss-reactive ketones (excluding diaryl/α,β-unsaturated/α-hetero) is 2. The van der Waals surface area contributed by atoms with Crippen molar-refractivity contribution >= 4 is 23.5 Å². The predicted octanol–water partition coefficient (Wildman–Crippen LogP) is 13.2. The molecule has 0 spiro atoms. The van der Waals surface area contributed by atoms with E-state index >= 15 is 0 Å². The Morgan fingerprint density at radius 2 is 0.707 bits per heavy atom. The molecule has 8 aliphatic carbocycles. The van der Waals surface area contributed by atoms with Gasteiger partial charge < -0.3 is 9.47 Å². The van der Waals surface area contributed by atoms with E-state index in [-0.39, 0.29) is 24.1 Å². The minimum absolute atomic E-state index is 0.115. The molecular formula is C52H88O6. The standard InChI is InChI=1S/2C13H22O2.2C13H22O/c1-9(14)15-11-4-5-12-10(8-11)6-7-13(12,2)3;1-9(14)15-11-5-4-10-6-7-13(2,3)12(10)8-11;1-9(14)10-4-5-12-11(8-10)6-7-13(12,2)3;1-9(14)11-5-4-10-6-7-13(2,3)12(10)8-11/h2*10-12H,4-8H2,1-3H3;2*10-12H,4-8H2,1-3H3. The summed E-state index contributed by atoms with van der Waals surface area (Å²) in [5.41, 5.74) is 2.03. The highest BCUT2D eigenvalue weighted by Gasteiger charge is 2.48. The average Bonchev–Trinajstić information content (AvgIpc) is 3.83. The third-order valence-electron chi connectivity index (χ3n) is 18.3. The van der Waals surface area contributed by atoms with E-state index in [1.807, 2.05) is 0 Å². The van der Waals surface area contributed by atoms with Crippen LogP contribution in [0.5, 0.6) is 0 Å². The lowest BCUT2D eigenvalue weighted by Gasteiger charge is -2.37. The average molecular weight is 809 g/mol. The van der Waals surface area contributed by atoms with Gasteiger partial charge >= 0.3 is 11.9 Å².